The van der Waals surface area contributed by atoms with E-state index in [2.05, 4.69) is 5.32 Å². The molecule has 1 N–H and O–H groups in total. The van der Waals surface area contributed by atoms with E-state index in [1.807, 2.05) is 30.3 Å². The number of nitrogens with one attached hydrogen (secondary N) is 1. The fraction of sp³-hybridized carbons (Fsp3) is 0.188. The molecule has 0 aromatic heterocycles. The monoisotopic (exact) mass is 307 g/mol. The summed E-state index contributed by atoms with van der Waals surface area (Å²) in [5.74, 6) is -0.885. The number of rotatable bonds is 6. The zero-order valence-corrected chi connectivity index (χ0v) is 12.1. The van der Waals surface area contributed by atoms with Gasteiger partial charge in [0.2, 0.25) is 5.91 Å². The normalized spacial score (nSPS) is 10.4. The molecule has 110 valence electrons. The first kappa shape index (κ1) is 15.5. The SMILES string of the molecule is O=C(CCCSc1ccccc1)Nc1ccc(F)cc1F. The summed E-state index contributed by atoms with van der Waals surface area (Å²) in [7, 11) is 0. The highest BCUT2D eigenvalue weighted by Crippen LogP contribution is 2.19. The van der Waals surface area contributed by atoms with Crippen molar-refractivity contribution in [3.05, 3.63) is 60.2 Å². The van der Waals surface area contributed by atoms with Crippen molar-refractivity contribution >= 4 is 23.4 Å². The van der Waals surface area contributed by atoms with Crippen molar-refractivity contribution in [3.8, 4) is 0 Å². The van der Waals surface area contributed by atoms with E-state index in [-0.39, 0.29) is 11.6 Å². The molecule has 1 amide bonds. The Labute approximate surface area is 126 Å². The zero-order chi connectivity index (χ0) is 15.1. The van der Waals surface area contributed by atoms with Gasteiger partial charge in [0.1, 0.15) is 11.6 Å². The predicted octanol–water partition coefficient (Wildman–Crippen LogP) is 4.48. The Bertz CT molecular complexity index is 604. The van der Waals surface area contributed by atoms with Crippen LogP contribution in [0, 0.1) is 11.6 Å². The highest BCUT2D eigenvalue weighted by molar-refractivity contribution is 7.99. The molecule has 21 heavy (non-hydrogen) atoms. The summed E-state index contributed by atoms with van der Waals surface area (Å²) in [5, 5.41) is 2.45. The largest absolute Gasteiger partial charge is 0.324 e. The molecule has 2 nitrogen and oxygen atoms in total. The van der Waals surface area contributed by atoms with Crippen molar-refractivity contribution < 1.29 is 13.6 Å². The third-order valence-electron chi connectivity index (χ3n) is 2.77. The summed E-state index contributed by atoms with van der Waals surface area (Å²) in [4.78, 5) is 12.8. The third-order valence-corrected chi connectivity index (χ3v) is 3.86. The van der Waals surface area contributed by atoms with E-state index in [1.54, 1.807) is 11.8 Å². The molecule has 2 rings (SSSR count). The molecule has 0 aliphatic heterocycles. The molecule has 2 aromatic carbocycles. The van der Waals surface area contributed by atoms with E-state index in [1.165, 1.54) is 6.07 Å². The Hall–Kier alpha value is -1.88. The van der Waals surface area contributed by atoms with Gasteiger partial charge in [-0.1, -0.05) is 18.2 Å². The van der Waals surface area contributed by atoms with Gasteiger partial charge in [-0.15, -0.1) is 11.8 Å². The molecule has 0 atom stereocenters. The van der Waals surface area contributed by atoms with Crippen LogP contribution in [0.15, 0.2) is 53.4 Å². The van der Waals surface area contributed by atoms with Crippen molar-refractivity contribution in [2.24, 2.45) is 0 Å². The molecular formula is C16H15F2NOS. The van der Waals surface area contributed by atoms with E-state index in [0.29, 0.717) is 12.8 Å². The summed E-state index contributed by atoms with van der Waals surface area (Å²) in [6, 6.07) is 13.0. The maximum Gasteiger partial charge on any atom is 0.224 e. The second-order valence-electron chi connectivity index (χ2n) is 4.44. The maximum absolute atomic E-state index is 13.4. The van der Waals surface area contributed by atoms with E-state index in [9.17, 15) is 13.6 Å². The molecule has 0 fully saturated rings. The van der Waals surface area contributed by atoms with Gasteiger partial charge in [-0.05, 0) is 36.4 Å². The highest BCUT2D eigenvalue weighted by Gasteiger charge is 2.07. The van der Waals surface area contributed by atoms with Crippen LogP contribution in [0.3, 0.4) is 0 Å². The first-order valence-electron chi connectivity index (χ1n) is 6.58. The number of anilines is 1. The molecular weight excluding hydrogens is 292 g/mol. The van der Waals surface area contributed by atoms with Crippen molar-refractivity contribution in [1.29, 1.82) is 0 Å². The lowest BCUT2D eigenvalue weighted by molar-refractivity contribution is -0.116. The van der Waals surface area contributed by atoms with Crippen molar-refractivity contribution in [2.45, 2.75) is 17.7 Å². The third kappa shape index (κ3) is 5.19. The molecule has 0 saturated heterocycles. The second-order valence-corrected chi connectivity index (χ2v) is 5.61. The Morgan fingerprint density at radius 3 is 2.57 bits per heavy atom. The van der Waals surface area contributed by atoms with Crippen LogP contribution < -0.4 is 5.32 Å². The topological polar surface area (TPSA) is 29.1 Å². The minimum Gasteiger partial charge on any atom is -0.324 e. The van der Waals surface area contributed by atoms with Gasteiger partial charge >= 0.3 is 0 Å². The van der Waals surface area contributed by atoms with Crippen LogP contribution in [0.5, 0.6) is 0 Å². The first-order valence-corrected chi connectivity index (χ1v) is 7.56. The van der Waals surface area contributed by atoms with Crippen LogP contribution in [-0.4, -0.2) is 11.7 Å². The number of thioether (sulfide) groups is 1. The van der Waals surface area contributed by atoms with Crippen molar-refractivity contribution in [3.63, 3.8) is 0 Å². The summed E-state index contributed by atoms with van der Waals surface area (Å²) >= 11 is 1.67. The summed E-state index contributed by atoms with van der Waals surface area (Å²) in [6.07, 6.45) is 0.991. The average molecular weight is 307 g/mol. The lowest BCUT2D eigenvalue weighted by Gasteiger charge is -2.06. The minimum atomic E-state index is -0.762. The van der Waals surface area contributed by atoms with E-state index < -0.39 is 11.6 Å². The number of hydrogen-bond donors (Lipinski definition) is 1. The van der Waals surface area contributed by atoms with Crippen molar-refractivity contribution in [1.82, 2.24) is 0 Å². The summed E-state index contributed by atoms with van der Waals surface area (Å²) in [5.41, 5.74) is 0.0112. The molecule has 2 aromatic rings. The minimum absolute atomic E-state index is 0.0112. The Kier molecular flexibility index (Phi) is 5.75. The molecule has 0 spiro atoms. The van der Waals surface area contributed by atoms with Gasteiger partial charge in [-0.25, -0.2) is 8.78 Å². The Balaban J connectivity index is 1.72. The van der Waals surface area contributed by atoms with Crippen molar-refractivity contribution in [2.75, 3.05) is 11.1 Å². The van der Waals surface area contributed by atoms with Gasteiger partial charge in [0.15, 0.2) is 0 Å². The highest BCUT2D eigenvalue weighted by atomic mass is 32.2. The number of benzene rings is 2. The fourth-order valence-corrected chi connectivity index (χ4v) is 2.62. The van der Waals surface area contributed by atoms with Crippen LogP contribution in [-0.2, 0) is 4.79 Å². The predicted molar refractivity (Wildman–Crippen MR) is 81.4 cm³/mol. The standard InChI is InChI=1S/C16H15F2NOS/c17-12-8-9-15(14(18)11-12)19-16(20)7-4-10-21-13-5-2-1-3-6-13/h1-3,5-6,8-9,11H,4,7,10H2,(H,19,20). The Morgan fingerprint density at radius 1 is 1.10 bits per heavy atom. The summed E-state index contributed by atoms with van der Waals surface area (Å²) < 4.78 is 26.1. The van der Waals surface area contributed by atoms with E-state index >= 15 is 0 Å². The first-order chi connectivity index (χ1) is 10.1. The Morgan fingerprint density at radius 2 is 1.86 bits per heavy atom. The van der Waals surface area contributed by atoms with Crippen LogP contribution in [0.25, 0.3) is 0 Å². The van der Waals surface area contributed by atoms with Gasteiger partial charge in [0, 0.05) is 17.4 Å². The molecule has 0 aliphatic rings. The number of amides is 1. The number of halogens is 2. The molecule has 0 heterocycles. The van der Waals surface area contributed by atoms with Crippen LogP contribution >= 0.6 is 11.8 Å². The number of hydrogen-bond acceptors (Lipinski definition) is 2. The van der Waals surface area contributed by atoms with E-state index in [4.69, 9.17) is 0 Å². The number of carbonyl (C=O) groups excluding carboxylic acids is 1. The molecule has 0 saturated carbocycles. The molecule has 0 bridgehead atoms. The summed E-state index contributed by atoms with van der Waals surface area (Å²) in [6.45, 7) is 0. The van der Waals surface area contributed by atoms with Crippen LogP contribution in [0.1, 0.15) is 12.8 Å². The maximum atomic E-state index is 13.4. The number of carbonyl (C=O) groups is 1. The molecule has 5 heteroatoms. The van der Waals surface area contributed by atoms with Crippen LogP contribution in [0.2, 0.25) is 0 Å². The molecule has 0 unspecified atom stereocenters. The molecule has 0 radical (unpaired) electrons. The average Bonchev–Trinajstić information content (AvgIpc) is 2.48. The van der Waals surface area contributed by atoms with Gasteiger partial charge in [0.25, 0.3) is 0 Å². The van der Waals surface area contributed by atoms with Gasteiger partial charge in [-0.2, -0.15) is 0 Å². The van der Waals surface area contributed by atoms with Gasteiger partial charge in [-0.3, -0.25) is 4.79 Å². The second kappa shape index (κ2) is 7.78. The molecule has 0 aliphatic carbocycles. The quantitative estimate of drug-likeness (QED) is 0.630. The lowest BCUT2D eigenvalue weighted by atomic mass is 10.2. The zero-order valence-electron chi connectivity index (χ0n) is 11.3. The van der Waals surface area contributed by atoms with Crippen LogP contribution in [0.4, 0.5) is 14.5 Å². The fourth-order valence-electron chi connectivity index (χ4n) is 1.74. The smallest absolute Gasteiger partial charge is 0.224 e. The van der Waals surface area contributed by atoms with Gasteiger partial charge in [0.05, 0.1) is 5.69 Å². The van der Waals surface area contributed by atoms with E-state index in [0.717, 1.165) is 22.8 Å². The van der Waals surface area contributed by atoms with Gasteiger partial charge < -0.3 is 5.32 Å². The lowest BCUT2D eigenvalue weighted by Crippen LogP contribution is -2.12.